The first kappa shape index (κ1) is 16.3. The summed E-state index contributed by atoms with van der Waals surface area (Å²) in [6.07, 6.45) is 7.68. The summed E-state index contributed by atoms with van der Waals surface area (Å²) in [5.41, 5.74) is -0.480. The van der Waals surface area contributed by atoms with Gasteiger partial charge in [-0.3, -0.25) is 4.79 Å². The second-order valence-electron chi connectivity index (χ2n) is 7.41. The minimum atomic E-state index is -0.480. The summed E-state index contributed by atoms with van der Waals surface area (Å²) >= 11 is 0. The quantitative estimate of drug-likeness (QED) is 0.689. The van der Waals surface area contributed by atoms with Crippen molar-refractivity contribution in [3.8, 4) is 0 Å². The normalized spacial score (nSPS) is 28.1. The number of carbonyl (C=O) groups excluding carboxylic acids is 2. The third-order valence-corrected chi connectivity index (χ3v) is 4.49. The summed E-state index contributed by atoms with van der Waals surface area (Å²) in [5.74, 6) is 0.383. The third kappa shape index (κ3) is 4.45. The molecule has 2 fully saturated rings. The summed E-state index contributed by atoms with van der Waals surface area (Å²) in [6.45, 7) is 6.39. The molecule has 1 amide bonds. The number of nitrogens with zero attached hydrogens (tertiary/aromatic N) is 1. The average Bonchev–Trinajstić information content (AvgIpc) is 2.61. The SMILES string of the molecule is CC(C)(C)OC(=O)N1CCCCC1C1CCCCCC1=O. The molecule has 1 saturated carbocycles. The van der Waals surface area contributed by atoms with E-state index in [1.54, 1.807) is 0 Å². The molecule has 2 rings (SSSR count). The summed E-state index contributed by atoms with van der Waals surface area (Å²) in [4.78, 5) is 26.7. The van der Waals surface area contributed by atoms with E-state index in [-0.39, 0.29) is 18.1 Å². The largest absolute Gasteiger partial charge is 0.444 e. The lowest BCUT2D eigenvalue weighted by molar-refractivity contribution is -0.125. The maximum Gasteiger partial charge on any atom is 0.410 e. The highest BCUT2D eigenvalue weighted by Gasteiger charge is 2.38. The van der Waals surface area contributed by atoms with Gasteiger partial charge >= 0.3 is 6.09 Å². The van der Waals surface area contributed by atoms with Gasteiger partial charge in [0.05, 0.1) is 0 Å². The number of likely N-dealkylation sites (tertiary alicyclic amines) is 1. The van der Waals surface area contributed by atoms with E-state index in [2.05, 4.69) is 0 Å². The number of ketones is 1. The number of Topliss-reactive ketones (excluding diaryl/α,β-unsaturated/α-hetero) is 1. The first-order chi connectivity index (χ1) is 9.88. The molecule has 0 aromatic carbocycles. The number of amides is 1. The van der Waals surface area contributed by atoms with E-state index in [1.165, 1.54) is 0 Å². The number of rotatable bonds is 1. The molecule has 0 aromatic rings. The number of carbonyl (C=O) groups is 2. The minimum Gasteiger partial charge on any atom is -0.444 e. The van der Waals surface area contributed by atoms with Crippen LogP contribution in [0.15, 0.2) is 0 Å². The number of ether oxygens (including phenoxy) is 1. The molecule has 4 heteroatoms. The van der Waals surface area contributed by atoms with Gasteiger partial charge in [-0.2, -0.15) is 0 Å². The van der Waals surface area contributed by atoms with Gasteiger partial charge in [-0.05, 0) is 52.9 Å². The molecular weight excluding hydrogens is 266 g/mol. The first-order valence-corrected chi connectivity index (χ1v) is 8.41. The fraction of sp³-hybridized carbons (Fsp3) is 0.882. The van der Waals surface area contributed by atoms with Crippen molar-refractivity contribution < 1.29 is 14.3 Å². The van der Waals surface area contributed by atoms with Crippen LogP contribution in [0.4, 0.5) is 4.79 Å². The van der Waals surface area contributed by atoms with Gasteiger partial charge in [-0.25, -0.2) is 4.79 Å². The maximum absolute atomic E-state index is 12.5. The molecule has 0 N–H and O–H groups in total. The second kappa shape index (κ2) is 6.80. The van der Waals surface area contributed by atoms with Crippen LogP contribution in [0.3, 0.4) is 0 Å². The van der Waals surface area contributed by atoms with E-state index in [0.717, 1.165) is 51.5 Å². The van der Waals surface area contributed by atoms with Crippen molar-refractivity contribution in [2.75, 3.05) is 6.54 Å². The molecular formula is C17H29NO3. The van der Waals surface area contributed by atoms with Crippen LogP contribution in [-0.4, -0.2) is 35.0 Å². The highest BCUT2D eigenvalue weighted by Crippen LogP contribution is 2.32. The number of hydrogen-bond donors (Lipinski definition) is 0. The number of piperidine rings is 1. The van der Waals surface area contributed by atoms with Crippen molar-refractivity contribution in [1.29, 1.82) is 0 Å². The van der Waals surface area contributed by atoms with E-state index in [1.807, 2.05) is 25.7 Å². The zero-order chi connectivity index (χ0) is 15.5. The fourth-order valence-electron chi connectivity index (χ4n) is 3.52. The van der Waals surface area contributed by atoms with Crippen molar-refractivity contribution >= 4 is 11.9 Å². The Bertz CT molecular complexity index is 386. The molecule has 1 aliphatic carbocycles. The van der Waals surface area contributed by atoms with E-state index in [4.69, 9.17) is 4.74 Å². The van der Waals surface area contributed by atoms with E-state index < -0.39 is 5.60 Å². The molecule has 0 spiro atoms. The van der Waals surface area contributed by atoms with E-state index in [0.29, 0.717) is 12.2 Å². The highest BCUT2D eigenvalue weighted by atomic mass is 16.6. The molecule has 0 bridgehead atoms. The lowest BCUT2D eigenvalue weighted by atomic mass is 9.84. The summed E-state index contributed by atoms with van der Waals surface area (Å²) in [5, 5.41) is 0. The van der Waals surface area contributed by atoms with Crippen LogP contribution in [0.2, 0.25) is 0 Å². The van der Waals surface area contributed by atoms with Crippen LogP contribution < -0.4 is 0 Å². The molecule has 120 valence electrons. The summed E-state index contributed by atoms with van der Waals surface area (Å²) in [7, 11) is 0. The van der Waals surface area contributed by atoms with Gasteiger partial charge in [0.1, 0.15) is 11.4 Å². The maximum atomic E-state index is 12.5. The van der Waals surface area contributed by atoms with Crippen molar-refractivity contribution in [1.82, 2.24) is 4.90 Å². The molecule has 2 aliphatic rings. The Hall–Kier alpha value is -1.06. The third-order valence-electron chi connectivity index (χ3n) is 4.49. The van der Waals surface area contributed by atoms with Crippen LogP contribution in [-0.2, 0) is 9.53 Å². The molecule has 21 heavy (non-hydrogen) atoms. The van der Waals surface area contributed by atoms with Gasteiger partial charge in [0.25, 0.3) is 0 Å². The average molecular weight is 295 g/mol. The smallest absolute Gasteiger partial charge is 0.410 e. The molecule has 2 atom stereocenters. The summed E-state index contributed by atoms with van der Waals surface area (Å²) in [6, 6.07) is 0.0548. The predicted molar refractivity (Wildman–Crippen MR) is 82.2 cm³/mol. The number of hydrogen-bond acceptors (Lipinski definition) is 3. The van der Waals surface area contributed by atoms with Crippen LogP contribution in [0.25, 0.3) is 0 Å². The van der Waals surface area contributed by atoms with Gasteiger partial charge in [0, 0.05) is 24.9 Å². The van der Waals surface area contributed by atoms with E-state index >= 15 is 0 Å². The monoisotopic (exact) mass is 295 g/mol. The lowest BCUT2D eigenvalue weighted by Gasteiger charge is -2.40. The van der Waals surface area contributed by atoms with Crippen LogP contribution >= 0.6 is 0 Å². The van der Waals surface area contributed by atoms with Gasteiger partial charge in [0.15, 0.2) is 0 Å². The van der Waals surface area contributed by atoms with Gasteiger partial charge < -0.3 is 9.64 Å². The van der Waals surface area contributed by atoms with Crippen LogP contribution in [0.1, 0.15) is 72.1 Å². The first-order valence-electron chi connectivity index (χ1n) is 8.41. The Morgan fingerprint density at radius 2 is 1.81 bits per heavy atom. The molecule has 0 aromatic heterocycles. The summed E-state index contributed by atoms with van der Waals surface area (Å²) < 4.78 is 5.54. The van der Waals surface area contributed by atoms with Crippen LogP contribution in [0, 0.1) is 5.92 Å². The van der Waals surface area contributed by atoms with Crippen molar-refractivity contribution in [2.45, 2.75) is 83.8 Å². The highest BCUT2D eigenvalue weighted by molar-refractivity contribution is 5.82. The Kier molecular flexibility index (Phi) is 5.28. The van der Waals surface area contributed by atoms with Gasteiger partial charge in [-0.15, -0.1) is 0 Å². The Morgan fingerprint density at radius 1 is 1.10 bits per heavy atom. The fourth-order valence-corrected chi connectivity index (χ4v) is 3.52. The van der Waals surface area contributed by atoms with Gasteiger partial charge in [0.2, 0.25) is 0 Å². The van der Waals surface area contributed by atoms with Crippen molar-refractivity contribution in [2.24, 2.45) is 5.92 Å². The molecule has 1 heterocycles. The molecule has 1 aliphatic heterocycles. The molecule has 1 saturated heterocycles. The molecule has 2 unspecified atom stereocenters. The molecule has 0 radical (unpaired) electrons. The zero-order valence-corrected chi connectivity index (χ0v) is 13.7. The van der Waals surface area contributed by atoms with Crippen molar-refractivity contribution in [3.63, 3.8) is 0 Å². The van der Waals surface area contributed by atoms with Crippen molar-refractivity contribution in [3.05, 3.63) is 0 Å². The second-order valence-corrected chi connectivity index (χ2v) is 7.41. The Labute approximate surface area is 128 Å². The lowest BCUT2D eigenvalue weighted by Crippen LogP contribution is -2.50. The van der Waals surface area contributed by atoms with Crippen LogP contribution in [0.5, 0.6) is 0 Å². The predicted octanol–water partition coefficient (Wildman–Crippen LogP) is 3.93. The standard InChI is InChI=1S/C17H29NO3/c1-17(2,3)21-16(20)18-12-8-7-10-14(18)13-9-5-4-6-11-15(13)19/h13-14H,4-12H2,1-3H3. The topological polar surface area (TPSA) is 46.6 Å². The van der Waals surface area contributed by atoms with Gasteiger partial charge in [-0.1, -0.05) is 12.8 Å². The minimum absolute atomic E-state index is 0.0281. The molecule has 4 nitrogen and oxygen atoms in total. The zero-order valence-electron chi connectivity index (χ0n) is 13.7. The van der Waals surface area contributed by atoms with E-state index in [9.17, 15) is 9.59 Å². The Morgan fingerprint density at radius 3 is 2.52 bits per heavy atom. The Balaban J connectivity index is 2.10.